The van der Waals surface area contributed by atoms with E-state index < -0.39 is 5.97 Å². The summed E-state index contributed by atoms with van der Waals surface area (Å²) in [5, 5.41) is 0.315. The summed E-state index contributed by atoms with van der Waals surface area (Å²) in [5.41, 5.74) is 7.18. The first kappa shape index (κ1) is 14.2. The highest BCUT2D eigenvalue weighted by Gasteiger charge is 2.12. The van der Waals surface area contributed by atoms with Crippen molar-refractivity contribution in [2.24, 2.45) is 0 Å². The summed E-state index contributed by atoms with van der Waals surface area (Å²) in [7, 11) is 1.58. The van der Waals surface area contributed by atoms with Gasteiger partial charge in [-0.25, -0.2) is 4.79 Å². The van der Waals surface area contributed by atoms with E-state index in [1.54, 1.807) is 25.3 Å². The standard InChI is InChI=1S/C15H14ClNO3/c1-19-12-4-2-3-10(7-12)9-20-15(18)13-8-11(17)5-6-14(13)16/h2-8H,9,17H2,1H3. The Balaban J connectivity index is 2.06. The zero-order valence-corrected chi connectivity index (χ0v) is 11.7. The summed E-state index contributed by atoms with van der Waals surface area (Å²) in [4.78, 5) is 12.0. The lowest BCUT2D eigenvalue weighted by atomic mass is 10.2. The zero-order chi connectivity index (χ0) is 14.5. The molecule has 2 rings (SSSR count). The van der Waals surface area contributed by atoms with E-state index in [1.165, 1.54) is 6.07 Å². The van der Waals surface area contributed by atoms with E-state index in [0.29, 0.717) is 16.5 Å². The predicted octanol–water partition coefficient (Wildman–Crippen LogP) is 3.29. The van der Waals surface area contributed by atoms with Gasteiger partial charge < -0.3 is 15.2 Å². The summed E-state index contributed by atoms with van der Waals surface area (Å²) in [5.74, 6) is 0.200. The molecule has 0 aliphatic carbocycles. The lowest BCUT2D eigenvalue weighted by Crippen LogP contribution is -2.06. The average molecular weight is 292 g/mol. The number of carbonyl (C=O) groups excluding carboxylic acids is 1. The van der Waals surface area contributed by atoms with Crippen LogP contribution >= 0.6 is 11.6 Å². The molecule has 0 saturated heterocycles. The Morgan fingerprint density at radius 2 is 2.05 bits per heavy atom. The van der Waals surface area contributed by atoms with Crippen LogP contribution in [-0.4, -0.2) is 13.1 Å². The molecule has 2 N–H and O–H groups in total. The van der Waals surface area contributed by atoms with Gasteiger partial charge in [-0.15, -0.1) is 0 Å². The van der Waals surface area contributed by atoms with Crippen molar-refractivity contribution in [3.05, 3.63) is 58.6 Å². The summed E-state index contributed by atoms with van der Waals surface area (Å²) >= 11 is 5.94. The number of nitrogens with two attached hydrogens (primary N) is 1. The van der Waals surface area contributed by atoms with Gasteiger partial charge in [-0.1, -0.05) is 23.7 Å². The van der Waals surface area contributed by atoms with Crippen molar-refractivity contribution >= 4 is 23.3 Å². The number of ether oxygens (including phenoxy) is 2. The van der Waals surface area contributed by atoms with Crippen molar-refractivity contribution in [2.75, 3.05) is 12.8 Å². The number of halogens is 1. The van der Waals surface area contributed by atoms with Crippen LogP contribution in [0.2, 0.25) is 5.02 Å². The van der Waals surface area contributed by atoms with Gasteiger partial charge in [-0.3, -0.25) is 0 Å². The minimum atomic E-state index is -0.509. The number of esters is 1. The largest absolute Gasteiger partial charge is 0.497 e. The van der Waals surface area contributed by atoms with Crippen LogP contribution in [0.3, 0.4) is 0 Å². The third kappa shape index (κ3) is 3.42. The Bertz CT molecular complexity index is 628. The molecule has 2 aromatic carbocycles. The van der Waals surface area contributed by atoms with Gasteiger partial charge in [0.1, 0.15) is 12.4 Å². The van der Waals surface area contributed by atoms with Crippen LogP contribution in [0, 0.1) is 0 Å². The molecule has 0 saturated carbocycles. The molecule has 0 aliphatic heterocycles. The first-order valence-electron chi connectivity index (χ1n) is 5.95. The van der Waals surface area contributed by atoms with Gasteiger partial charge in [0.25, 0.3) is 0 Å². The van der Waals surface area contributed by atoms with E-state index in [-0.39, 0.29) is 12.2 Å². The Kier molecular flexibility index (Phi) is 4.48. The molecular weight excluding hydrogens is 278 g/mol. The Morgan fingerprint density at radius 3 is 2.80 bits per heavy atom. The second-order valence-electron chi connectivity index (χ2n) is 4.17. The van der Waals surface area contributed by atoms with E-state index in [4.69, 9.17) is 26.8 Å². The average Bonchev–Trinajstić information content (AvgIpc) is 2.47. The first-order chi connectivity index (χ1) is 9.60. The molecule has 104 valence electrons. The molecule has 4 nitrogen and oxygen atoms in total. The molecule has 0 heterocycles. The summed E-state index contributed by atoms with van der Waals surface area (Å²) in [6, 6.07) is 12.0. The topological polar surface area (TPSA) is 61.5 Å². The fraction of sp³-hybridized carbons (Fsp3) is 0.133. The third-order valence-electron chi connectivity index (χ3n) is 2.71. The van der Waals surface area contributed by atoms with Crippen molar-refractivity contribution in [1.29, 1.82) is 0 Å². The predicted molar refractivity (Wildman–Crippen MR) is 78.0 cm³/mol. The second kappa shape index (κ2) is 6.30. The van der Waals surface area contributed by atoms with Gasteiger partial charge in [0.2, 0.25) is 0 Å². The fourth-order valence-corrected chi connectivity index (χ4v) is 1.88. The van der Waals surface area contributed by atoms with Crippen LogP contribution < -0.4 is 10.5 Å². The van der Waals surface area contributed by atoms with Crippen LogP contribution in [0.15, 0.2) is 42.5 Å². The smallest absolute Gasteiger partial charge is 0.340 e. The minimum Gasteiger partial charge on any atom is -0.497 e. The number of methoxy groups -OCH3 is 1. The van der Waals surface area contributed by atoms with Crippen molar-refractivity contribution in [2.45, 2.75) is 6.61 Å². The second-order valence-corrected chi connectivity index (χ2v) is 4.57. The molecule has 5 heteroatoms. The highest BCUT2D eigenvalue weighted by molar-refractivity contribution is 6.33. The van der Waals surface area contributed by atoms with Crippen LogP contribution in [0.1, 0.15) is 15.9 Å². The van der Waals surface area contributed by atoms with E-state index in [0.717, 1.165) is 5.56 Å². The molecule has 0 fully saturated rings. The van der Waals surface area contributed by atoms with E-state index >= 15 is 0 Å². The number of anilines is 1. The number of hydrogen-bond acceptors (Lipinski definition) is 4. The molecule has 2 aromatic rings. The van der Waals surface area contributed by atoms with Crippen LogP contribution in [0.5, 0.6) is 5.75 Å². The lowest BCUT2D eigenvalue weighted by molar-refractivity contribution is 0.0472. The number of carbonyl (C=O) groups is 1. The number of hydrogen-bond donors (Lipinski definition) is 1. The van der Waals surface area contributed by atoms with Gasteiger partial charge in [-0.2, -0.15) is 0 Å². The van der Waals surface area contributed by atoms with Crippen LogP contribution in [0.4, 0.5) is 5.69 Å². The SMILES string of the molecule is COc1cccc(COC(=O)c2cc(N)ccc2Cl)c1. The number of benzene rings is 2. The Morgan fingerprint density at radius 1 is 1.25 bits per heavy atom. The molecule has 0 spiro atoms. The summed E-state index contributed by atoms with van der Waals surface area (Å²) in [6.07, 6.45) is 0. The maximum absolute atomic E-state index is 12.0. The van der Waals surface area contributed by atoms with Gasteiger partial charge in [0.15, 0.2) is 0 Å². The van der Waals surface area contributed by atoms with Crippen molar-refractivity contribution in [3.63, 3.8) is 0 Å². The van der Waals surface area contributed by atoms with E-state index in [9.17, 15) is 4.79 Å². The first-order valence-corrected chi connectivity index (χ1v) is 6.33. The molecular formula is C15H14ClNO3. The molecule has 0 aromatic heterocycles. The van der Waals surface area contributed by atoms with Gasteiger partial charge in [-0.05, 0) is 35.9 Å². The van der Waals surface area contributed by atoms with Gasteiger partial charge in [0, 0.05) is 5.69 Å². The zero-order valence-electron chi connectivity index (χ0n) is 10.9. The Labute approximate surface area is 122 Å². The monoisotopic (exact) mass is 291 g/mol. The summed E-state index contributed by atoms with van der Waals surface area (Å²) in [6.45, 7) is 0.140. The van der Waals surface area contributed by atoms with Crippen molar-refractivity contribution in [3.8, 4) is 5.75 Å². The van der Waals surface area contributed by atoms with Crippen LogP contribution in [-0.2, 0) is 11.3 Å². The molecule has 0 amide bonds. The molecule has 0 radical (unpaired) electrons. The highest BCUT2D eigenvalue weighted by Crippen LogP contribution is 2.20. The van der Waals surface area contributed by atoms with E-state index in [1.807, 2.05) is 18.2 Å². The summed E-state index contributed by atoms with van der Waals surface area (Å²) < 4.78 is 10.3. The third-order valence-corrected chi connectivity index (χ3v) is 3.04. The maximum atomic E-state index is 12.0. The number of rotatable bonds is 4. The normalized spacial score (nSPS) is 10.1. The maximum Gasteiger partial charge on any atom is 0.340 e. The minimum absolute atomic E-state index is 0.140. The van der Waals surface area contributed by atoms with E-state index in [2.05, 4.69) is 0 Å². The van der Waals surface area contributed by atoms with Crippen LogP contribution in [0.25, 0.3) is 0 Å². The van der Waals surface area contributed by atoms with Gasteiger partial charge in [0.05, 0.1) is 17.7 Å². The van der Waals surface area contributed by atoms with Gasteiger partial charge >= 0.3 is 5.97 Å². The molecule has 0 atom stereocenters. The highest BCUT2D eigenvalue weighted by atomic mass is 35.5. The Hall–Kier alpha value is -2.20. The number of nitrogen functional groups attached to an aromatic ring is 1. The lowest BCUT2D eigenvalue weighted by Gasteiger charge is -2.08. The quantitative estimate of drug-likeness (QED) is 0.693. The molecule has 20 heavy (non-hydrogen) atoms. The van der Waals surface area contributed by atoms with Crippen molar-refractivity contribution < 1.29 is 14.3 Å². The molecule has 0 bridgehead atoms. The molecule has 0 aliphatic rings. The van der Waals surface area contributed by atoms with Crippen molar-refractivity contribution in [1.82, 2.24) is 0 Å². The molecule has 0 unspecified atom stereocenters. The fourth-order valence-electron chi connectivity index (χ4n) is 1.69.